The smallest absolute Gasteiger partial charge is 0.254 e. The highest BCUT2D eigenvalue weighted by Crippen LogP contribution is 2.38. The molecule has 0 radical (unpaired) electrons. The molecule has 2 heterocycles. The molecule has 4 rings (SSSR count). The SMILES string of the molecule is Cc1cc(C)c(-c2[nH]c(C(C)C)nc2N)cc1C(=O)N1CC(F)(c2ccc(C#N)cc2)C1. The van der Waals surface area contributed by atoms with E-state index in [1.54, 1.807) is 24.3 Å². The highest BCUT2D eigenvalue weighted by atomic mass is 19.1. The molecular formula is C25H26FN5O. The first-order valence-electron chi connectivity index (χ1n) is 10.6. The first-order valence-corrected chi connectivity index (χ1v) is 10.6. The van der Waals surface area contributed by atoms with Gasteiger partial charge in [0.25, 0.3) is 5.91 Å². The number of anilines is 1. The number of carbonyl (C=O) groups excluding carboxylic acids is 1. The Kier molecular flexibility index (Phi) is 5.25. The number of hydrogen-bond donors (Lipinski definition) is 2. The number of nitrogens with two attached hydrogens (primary N) is 1. The van der Waals surface area contributed by atoms with Crippen LogP contribution in [0.25, 0.3) is 11.3 Å². The van der Waals surface area contributed by atoms with Crippen molar-refractivity contribution in [1.29, 1.82) is 5.26 Å². The lowest BCUT2D eigenvalue weighted by Crippen LogP contribution is -2.58. The number of amides is 1. The van der Waals surface area contributed by atoms with Crippen molar-refractivity contribution in [2.24, 2.45) is 0 Å². The summed E-state index contributed by atoms with van der Waals surface area (Å²) in [6.07, 6.45) is 0. The fourth-order valence-corrected chi connectivity index (χ4v) is 4.14. The first-order chi connectivity index (χ1) is 15.1. The minimum Gasteiger partial charge on any atom is -0.382 e. The van der Waals surface area contributed by atoms with E-state index in [1.165, 1.54) is 4.90 Å². The van der Waals surface area contributed by atoms with Gasteiger partial charge in [-0.05, 0) is 48.7 Å². The van der Waals surface area contributed by atoms with Crippen LogP contribution in [0.2, 0.25) is 0 Å². The number of aromatic nitrogens is 2. The summed E-state index contributed by atoms with van der Waals surface area (Å²) in [6.45, 7) is 7.85. The Morgan fingerprint density at radius 2 is 1.88 bits per heavy atom. The highest BCUT2D eigenvalue weighted by molar-refractivity contribution is 5.98. The number of imidazole rings is 1. The van der Waals surface area contributed by atoms with Gasteiger partial charge >= 0.3 is 0 Å². The number of aromatic amines is 1. The summed E-state index contributed by atoms with van der Waals surface area (Å²) >= 11 is 0. The normalized spacial score (nSPS) is 14.8. The van der Waals surface area contributed by atoms with E-state index < -0.39 is 5.67 Å². The van der Waals surface area contributed by atoms with E-state index in [0.29, 0.717) is 28.2 Å². The van der Waals surface area contributed by atoms with Crippen LogP contribution in [0, 0.1) is 25.2 Å². The molecule has 0 unspecified atom stereocenters. The fourth-order valence-electron chi connectivity index (χ4n) is 4.14. The van der Waals surface area contributed by atoms with Gasteiger partial charge in [-0.3, -0.25) is 4.79 Å². The van der Waals surface area contributed by atoms with E-state index in [-0.39, 0.29) is 24.9 Å². The Morgan fingerprint density at radius 3 is 2.44 bits per heavy atom. The number of aryl methyl sites for hydroxylation is 2. The van der Waals surface area contributed by atoms with Crippen LogP contribution in [0.15, 0.2) is 36.4 Å². The molecule has 0 atom stereocenters. The van der Waals surface area contributed by atoms with E-state index in [0.717, 1.165) is 22.5 Å². The minimum atomic E-state index is -1.61. The molecule has 0 bridgehead atoms. The predicted molar refractivity (Wildman–Crippen MR) is 122 cm³/mol. The Morgan fingerprint density at radius 1 is 1.22 bits per heavy atom. The zero-order valence-corrected chi connectivity index (χ0v) is 18.7. The maximum Gasteiger partial charge on any atom is 0.254 e. The van der Waals surface area contributed by atoms with Crippen molar-refractivity contribution in [2.45, 2.75) is 39.3 Å². The lowest BCUT2D eigenvalue weighted by atomic mass is 9.86. The number of likely N-dealkylation sites (tertiary alicyclic amines) is 1. The third kappa shape index (κ3) is 3.62. The number of halogens is 1. The molecule has 6 nitrogen and oxygen atoms in total. The molecule has 1 saturated heterocycles. The van der Waals surface area contributed by atoms with Gasteiger partial charge in [-0.1, -0.05) is 32.0 Å². The standard InChI is InChI=1S/C25H26FN5O/c1-14(2)23-29-21(22(28)30-23)19-10-20(16(4)9-15(19)3)24(32)31-12-25(26,13-31)18-7-5-17(11-27)6-8-18/h5-10,14H,12-13,28H2,1-4H3,(H,29,30). The van der Waals surface area contributed by atoms with Gasteiger partial charge in [-0.15, -0.1) is 0 Å². The van der Waals surface area contributed by atoms with Crippen molar-refractivity contribution >= 4 is 11.7 Å². The molecule has 1 aliphatic heterocycles. The van der Waals surface area contributed by atoms with Gasteiger partial charge in [0.05, 0.1) is 30.4 Å². The predicted octanol–water partition coefficient (Wildman–Crippen LogP) is 4.59. The average Bonchev–Trinajstić information content (AvgIpc) is 3.13. The van der Waals surface area contributed by atoms with Crippen LogP contribution in [0.1, 0.15) is 58.2 Å². The van der Waals surface area contributed by atoms with Crippen LogP contribution in [-0.2, 0) is 5.67 Å². The van der Waals surface area contributed by atoms with Crippen LogP contribution < -0.4 is 5.73 Å². The molecule has 164 valence electrons. The topological polar surface area (TPSA) is 98.8 Å². The van der Waals surface area contributed by atoms with Crippen molar-refractivity contribution in [2.75, 3.05) is 18.8 Å². The zero-order chi connectivity index (χ0) is 23.2. The number of nitrogens with zero attached hydrogens (tertiary/aromatic N) is 3. The third-order valence-corrected chi connectivity index (χ3v) is 6.07. The van der Waals surface area contributed by atoms with Crippen LogP contribution in [0.4, 0.5) is 10.2 Å². The molecule has 0 spiro atoms. The van der Waals surface area contributed by atoms with Crippen LogP contribution in [-0.4, -0.2) is 33.9 Å². The molecular weight excluding hydrogens is 405 g/mol. The van der Waals surface area contributed by atoms with Gasteiger partial charge in [0.2, 0.25) is 0 Å². The molecule has 1 aliphatic rings. The number of carbonyl (C=O) groups is 1. The molecule has 3 N–H and O–H groups in total. The summed E-state index contributed by atoms with van der Waals surface area (Å²) < 4.78 is 15.3. The maximum atomic E-state index is 15.3. The number of rotatable bonds is 4. The van der Waals surface area contributed by atoms with Crippen LogP contribution in [0.3, 0.4) is 0 Å². The molecule has 7 heteroatoms. The largest absolute Gasteiger partial charge is 0.382 e. The van der Waals surface area contributed by atoms with Crippen molar-refractivity contribution in [1.82, 2.24) is 14.9 Å². The van der Waals surface area contributed by atoms with E-state index in [4.69, 9.17) is 11.0 Å². The van der Waals surface area contributed by atoms with Gasteiger partial charge in [-0.2, -0.15) is 5.26 Å². The quantitative estimate of drug-likeness (QED) is 0.631. The van der Waals surface area contributed by atoms with Gasteiger partial charge in [0, 0.05) is 17.0 Å². The Balaban J connectivity index is 1.60. The van der Waals surface area contributed by atoms with Crippen molar-refractivity contribution in [3.63, 3.8) is 0 Å². The van der Waals surface area contributed by atoms with E-state index in [1.807, 2.05) is 45.9 Å². The van der Waals surface area contributed by atoms with Crippen molar-refractivity contribution < 1.29 is 9.18 Å². The molecule has 0 saturated carbocycles. The summed E-state index contributed by atoms with van der Waals surface area (Å²) in [5, 5.41) is 8.93. The van der Waals surface area contributed by atoms with Crippen LogP contribution >= 0.6 is 0 Å². The molecule has 3 aromatic rings. The number of nitrogens with one attached hydrogen (secondary N) is 1. The Hall–Kier alpha value is -3.66. The third-order valence-electron chi connectivity index (χ3n) is 6.07. The van der Waals surface area contributed by atoms with Crippen LogP contribution in [0.5, 0.6) is 0 Å². The van der Waals surface area contributed by atoms with Gasteiger partial charge in [-0.25, -0.2) is 9.37 Å². The summed E-state index contributed by atoms with van der Waals surface area (Å²) in [4.78, 5) is 22.4. The van der Waals surface area contributed by atoms with Crippen molar-refractivity contribution in [3.05, 3.63) is 70.0 Å². The van der Waals surface area contributed by atoms with Crippen molar-refractivity contribution in [3.8, 4) is 17.3 Å². The fraction of sp³-hybridized carbons (Fsp3) is 0.320. The van der Waals surface area contributed by atoms with E-state index in [9.17, 15) is 4.79 Å². The van der Waals surface area contributed by atoms with E-state index in [2.05, 4.69) is 9.97 Å². The average molecular weight is 432 g/mol. The molecule has 1 aromatic heterocycles. The molecule has 2 aromatic carbocycles. The number of benzene rings is 2. The number of H-pyrrole nitrogens is 1. The van der Waals surface area contributed by atoms with Gasteiger partial charge in [0.1, 0.15) is 11.6 Å². The minimum absolute atomic E-state index is 0.0237. The Labute approximate surface area is 186 Å². The molecule has 0 aliphatic carbocycles. The summed E-state index contributed by atoms with van der Waals surface area (Å²) in [6, 6.07) is 12.2. The summed E-state index contributed by atoms with van der Waals surface area (Å²) in [5.74, 6) is 1.16. The lowest BCUT2D eigenvalue weighted by molar-refractivity contribution is -0.0231. The van der Waals surface area contributed by atoms with Gasteiger partial charge in [0.15, 0.2) is 5.67 Å². The second kappa shape index (κ2) is 7.79. The zero-order valence-electron chi connectivity index (χ0n) is 18.7. The summed E-state index contributed by atoms with van der Waals surface area (Å²) in [7, 11) is 0. The molecule has 1 fully saturated rings. The van der Waals surface area contributed by atoms with Gasteiger partial charge < -0.3 is 15.6 Å². The number of nitrogen functional groups attached to an aromatic ring is 1. The second-order valence-corrected chi connectivity index (χ2v) is 8.83. The number of alkyl halides is 1. The first kappa shape index (κ1) is 21.6. The van der Waals surface area contributed by atoms with E-state index >= 15 is 4.39 Å². The number of nitriles is 1. The maximum absolute atomic E-state index is 15.3. The lowest BCUT2D eigenvalue weighted by Gasteiger charge is -2.45. The second-order valence-electron chi connectivity index (χ2n) is 8.83. The highest BCUT2D eigenvalue weighted by Gasteiger charge is 2.47. The molecule has 1 amide bonds. The summed E-state index contributed by atoms with van der Waals surface area (Å²) in [5.41, 5.74) is 9.34. The Bertz CT molecular complexity index is 1230. The number of hydrogen-bond acceptors (Lipinski definition) is 4. The monoisotopic (exact) mass is 431 g/mol. The molecule has 32 heavy (non-hydrogen) atoms.